The number of halogens is 2. The first-order valence-electron chi connectivity index (χ1n) is 27.5. The molecule has 0 spiro atoms. The molecule has 8 heteroatoms. The van der Waals surface area contributed by atoms with Crippen molar-refractivity contribution in [3.63, 3.8) is 0 Å². The van der Waals surface area contributed by atoms with Crippen LogP contribution in [0.4, 0.5) is 0 Å². The van der Waals surface area contributed by atoms with Gasteiger partial charge in [-0.05, 0) is 36.8 Å². The van der Waals surface area contributed by atoms with Gasteiger partial charge >= 0.3 is 37.9 Å². The van der Waals surface area contributed by atoms with Crippen LogP contribution < -0.4 is 31.1 Å². The van der Waals surface area contributed by atoms with E-state index in [1.807, 2.05) is 6.07 Å². The zero-order valence-electron chi connectivity index (χ0n) is 48.0. The van der Waals surface area contributed by atoms with Gasteiger partial charge in [-0.2, -0.15) is 41.6 Å². The largest absolute Gasteiger partial charge is 0.184 e. The zero-order valence-corrected chi connectivity index (χ0v) is 57.0. The maximum Gasteiger partial charge on any atom is 0.0920 e. The maximum atomic E-state index is 4.93. The molecule has 8 aromatic carbocycles. The molecule has 2 radical (unpaired) electrons. The second kappa shape index (κ2) is 26.2. The first-order chi connectivity index (χ1) is 34.9. The number of unbranched alkanes of at least 4 members (excludes halogenated alkanes) is 2. The molecule has 0 amide bonds. The van der Waals surface area contributed by atoms with E-state index in [0.29, 0.717) is 0 Å². The number of benzene rings is 6. The summed E-state index contributed by atoms with van der Waals surface area (Å²) in [5.74, 6) is 0. The van der Waals surface area contributed by atoms with E-state index in [0.717, 1.165) is 22.4 Å². The molecule has 0 fully saturated rings. The minimum absolute atomic E-state index is 0.795. The van der Waals surface area contributed by atoms with E-state index in [2.05, 4.69) is 234 Å². The molecular formula is C66H85Cl2Si5Zr-3. The van der Waals surface area contributed by atoms with Crippen LogP contribution in [0.25, 0.3) is 54.9 Å². The van der Waals surface area contributed by atoms with Crippen molar-refractivity contribution < 1.29 is 20.8 Å². The van der Waals surface area contributed by atoms with Gasteiger partial charge in [-0.1, -0.05) is 246 Å². The van der Waals surface area contributed by atoms with Crippen molar-refractivity contribution in [1.29, 1.82) is 0 Å². The quantitative estimate of drug-likeness (QED) is 0.0752. The number of hydrogen-bond donors (Lipinski definition) is 0. The van der Waals surface area contributed by atoms with Crippen LogP contribution in [0.3, 0.4) is 0 Å². The fourth-order valence-electron chi connectivity index (χ4n) is 10.1. The number of hydrogen-bond acceptors (Lipinski definition) is 0. The van der Waals surface area contributed by atoms with Gasteiger partial charge in [-0.25, -0.2) is 0 Å². The molecule has 390 valence electrons. The molecule has 0 N–H and O–H groups in total. The minimum atomic E-state index is -1.39. The van der Waals surface area contributed by atoms with E-state index in [4.69, 9.17) is 17.0 Å². The summed E-state index contributed by atoms with van der Waals surface area (Å²) in [7, 11) is 5.09. The predicted molar refractivity (Wildman–Crippen MR) is 345 cm³/mol. The third kappa shape index (κ3) is 15.2. The Morgan fingerprint density at radius 3 is 1.26 bits per heavy atom. The molecule has 74 heavy (non-hydrogen) atoms. The molecule has 0 atom stereocenters. The summed E-state index contributed by atoms with van der Waals surface area (Å²) in [6.07, 6.45) is 9.62. The standard InChI is InChI=1S/2C27H39Si2.C12H7Si.2ClH.Zr/c2*1-9-11-12-20-15-22-14-13-21(10-2)27(26(22)16-20)23-17-24(28(3,4)5)19-25(18-23)29(6,7)8;1-3-7-11-9(5-1)10-6-2-4-8-12(10)13-11;;;/h2*13-19H,9-12H2,1-8H3;1-7H;2*1H;/q3*-1;;;+2/p-2. The van der Waals surface area contributed by atoms with Crippen LogP contribution >= 0.6 is 17.0 Å². The molecule has 0 unspecified atom stereocenters. The van der Waals surface area contributed by atoms with Gasteiger partial charge in [0.05, 0.1) is 41.8 Å². The molecule has 1 heterocycles. The molecule has 0 aromatic heterocycles. The molecule has 0 nitrogen and oxygen atoms in total. The average Bonchev–Trinajstić information content (AvgIpc) is 4.08. The van der Waals surface area contributed by atoms with Crippen molar-refractivity contribution in [2.24, 2.45) is 0 Å². The fraction of sp³-hybridized carbons (Fsp3) is 0.364. The van der Waals surface area contributed by atoms with Crippen LogP contribution in [0, 0.1) is 6.07 Å². The Morgan fingerprint density at radius 2 is 0.878 bits per heavy atom. The van der Waals surface area contributed by atoms with Crippen LogP contribution in [0.15, 0.2) is 127 Å². The van der Waals surface area contributed by atoms with E-state index in [-0.39, 0.29) is 0 Å². The predicted octanol–water partition coefficient (Wildman–Crippen LogP) is 16.9. The number of aryl methyl sites for hydroxylation is 4. The molecular weight excluding hydrogens is 1100 g/mol. The first kappa shape index (κ1) is 60.3. The Kier molecular flexibility index (Phi) is 21.3. The summed E-state index contributed by atoms with van der Waals surface area (Å²) >= 11 is -0.826. The van der Waals surface area contributed by atoms with Crippen molar-refractivity contribution >= 4 is 112 Å². The smallest absolute Gasteiger partial charge is 0.0920 e. The Balaban J connectivity index is 0.000000186. The van der Waals surface area contributed by atoms with Crippen LogP contribution in [0.2, 0.25) is 78.6 Å². The molecule has 9 rings (SSSR count). The van der Waals surface area contributed by atoms with Crippen molar-refractivity contribution in [2.45, 2.75) is 158 Å². The summed E-state index contributed by atoms with van der Waals surface area (Å²) in [6.45, 7) is 38.9. The molecule has 0 saturated carbocycles. The van der Waals surface area contributed by atoms with Gasteiger partial charge in [-0.15, -0.1) is 74.6 Å². The number of fused-ring (bicyclic) bond motifs is 5. The minimum Gasteiger partial charge on any atom is -0.184 e. The zero-order chi connectivity index (χ0) is 54.2. The molecule has 0 aliphatic carbocycles. The molecule has 1 aliphatic rings. The third-order valence-electron chi connectivity index (χ3n) is 14.7. The van der Waals surface area contributed by atoms with Crippen molar-refractivity contribution in [2.75, 3.05) is 0 Å². The average molecular weight is 1180 g/mol. The summed E-state index contributed by atoms with van der Waals surface area (Å²) in [6, 6.07) is 52.6. The molecule has 0 saturated heterocycles. The van der Waals surface area contributed by atoms with Gasteiger partial charge in [0.15, 0.2) is 0 Å². The van der Waals surface area contributed by atoms with Gasteiger partial charge in [0.1, 0.15) is 0 Å². The third-order valence-corrected chi connectivity index (χ3v) is 24.2. The molecule has 0 bridgehead atoms. The van der Waals surface area contributed by atoms with E-state index >= 15 is 0 Å². The summed E-state index contributed by atoms with van der Waals surface area (Å²) in [5, 5.41) is 15.0. The van der Waals surface area contributed by atoms with Crippen molar-refractivity contribution in [3.8, 4) is 33.4 Å². The second-order valence-corrected chi connectivity index (χ2v) is 50.0. The monoisotopic (exact) mass is 1180 g/mol. The fourth-order valence-corrected chi connectivity index (χ4v) is 16.4. The van der Waals surface area contributed by atoms with Gasteiger partial charge in [-0.3, -0.25) is 0 Å². The van der Waals surface area contributed by atoms with E-state index < -0.39 is 53.1 Å². The number of rotatable bonds is 14. The van der Waals surface area contributed by atoms with Gasteiger partial charge < -0.3 is 0 Å². The summed E-state index contributed by atoms with van der Waals surface area (Å²) < 4.78 is 0. The SMILES string of the molecule is CCCCc1cc2c(-c3cc([Si](C)(C)C)cc([Si](C)(C)C)c3)c(CC)ccc2[cH-]1.CCCCc1cc2c(-c3cc([Si](C)(C)C)cc([Si](C)(C)C)c3)c(CC)ccc2[cH-]1.[Cl][Zr][Cl].[c-]1cccc2c1[Si]c1ccccc1-2. The molecule has 8 aromatic rings. The topological polar surface area (TPSA) is 0 Å². The normalized spacial score (nSPS) is 12.3. The van der Waals surface area contributed by atoms with Crippen molar-refractivity contribution in [3.05, 3.63) is 156 Å². The van der Waals surface area contributed by atoms with E-state index in [1.54, 1.807) is 20.7 Å². The first-order valence-corrected chi connectivity index (χ1v) is 48.9. The van der Waals surface area contributed by atoms with Crippen LogP contribution in [0.1, 0.15) is 75.6 Å². The molecule has 1 aliphatic heterocycles. The summed E-state index contributed by atoms with van der Waals surface area (Å²) in [5.41, 5.74) is 14.6. The Bertz CT molecular complexity index is 2860. The second-order valence-electron chi connectivity index (χ2n) is 24.6. The summed E-state index contributed by atoms with van der Waals surface area (Å²) in [4.78, 5) is 0. The van der Waals surface area contributed by atoms with Crippen LogP contribution in [-0.4, -0.2) is 41.8 Å². The van der Waals surface area contributed by atoms with Gasteiger partial charge in [0.25, 0.3) is 0 Å². The van der Waals surface area contributed by atoms with Crippen molar-refractivity contribution in [1.82, 2.24) is 0 Å². The van der Waals surface area contributed by atoms with Gasteiger partial charge in [0.2, 0.25) is 0 Å². The Morgan fingerprint density at radius 1 is 0.486 bits per heavy atom. The Labute approximate surface area is 474 Å². The maximum absolute atomic E-state index is 4.93. The van der Waals surface area contributed by atoms with Crippen LogP contribution in [-0.2, 0) is 46.5 Å². The van der Waals surface area contributed by atoms with E-state index in [1.165, 1.54) is 126 Å². The van der Waals surface area contributed by atoms with Gasteiger partial charge in [0, 0.05) is 0 Å². The Hall–Kier alpha value is -2.91. The van der Waals surface area contributed by atoms with E-state index in [9.17, 15) is 0 Å². The van der Waals surface area contributed by atoms with Crippen LogP contribution in [0.5, 0.6) is 0 Å².